The summed E-state index contributed by atoms with van der Waals surface area (Å²) in [6.07, 6.45) is 0. The van der Waals surface area contributed by atoms with Crippen LogP contribution in [-0.2, 0) is 9.59 Å². The van der Waals surface area contributed by atoms with E-state index in [2.05, 4.69) is 10.1 Å². The van der Waals surface area contributed by atoms with E-state index in [4.69, 9.17) is 5.73 Å². The number of benzene rings is 1. The van der Waals surface area contributed by atoms with Crippen molar-refractivity contribution in [1.29, 1.82) is 0 Å². The van der Waals surface area contributed by atoms with E-state index in [9.17, 15) is 14.0 Å². The van der Waals surface area contributed by atoms with Crippen LogP contribution in [0.5, 0.6) is 5.75 Å². The Hall–Kier alpha value is -2.11. The molecule has 0 saturated heterocycles. The van der Waals surface area contributed by atoms with Crippen molar-refractivity contribution in [3.63, 3.8) is 0 Å². The highest BCUT2D eigenvalue weighted by molar-refractivity contribution is 6.39. The maximum Gasteiger partial charge on any atom is 0.313 e. The molecule has 3 N–H and O–H groups in total. The van der Waals surface area contributed by atoms with Crippen LogP contribution < -0.4 is 15.8 Å². The molecule has 0 heterocycles. The molecule has 0 bridgehead atoms. The fourth-order valence-corrected chi connectivity index (χ4v) is 0.937. The zero-order chi connectivity index (χ0) is 11.4. The number of primary amides is 1. The molecule has 1 aromatic carbocycles. The van der Waals surface area contributed by atoms with E-state index >= 15 is 0 Å². The van der Waals surface area contributed by atoms with Gasteiger partial charge in [0.2, 0.25) is 0 Å². The lowest BCUT2D eigenvalue weighted by molar-refractivity contribution is -0.134. The topological polar surface area (TPSA) is 81.4 Å². The molecule has 0 atom stereocenters. The van der Waals surface area contributed by atoms with Gasteiger partial charge in [0.1, 0.15) is 0 Å². The number of hydrogen-bond donors (Lipinski definition) is 2. The average Bonchev–Trinajstić information content (AvgIpc) is 2.18. The highest BCUT2D eigenvalue weighted by atomic mass is 19.1. The van der Waals surface area contributed by atoms with Gasteiger partial charge in [0.05, 0.1) is 7.11 Å². The molecule has 5 nitrogen and oxygen atoms in total. The first-order valence-electron chi connectivity index (χ1n) is 3.99. The average molecular weight is 212 g/mol. The van der Waals surface area contributed by atoms with Crippen LogP contribution in [0.3, 0.4) is 0 Å². The van der Waals surface area contributed by atoms with Gasteiger partial charge < -0.3 is 15.8 Å². The van der Waals surface area contributed by atoms with E-state index in [-0.39, 0.29) is 11.4 Å². The Bertz CT molecular complexity index is 406. The number of carbonyl (C=O) groups excluding carboxylic acids is 2. The largest absolute Gasteiger partial charge is 0.494 e. The summed E-state index contributed by atoms with van der Waals surface area (Å²) in [4.78, 5) is 21.2. The van der Waals surface area contributed by atoms with E-state index in [0.717, 1.165) is 6.07 Å². The molecule has 1 aromatic rings. The second kappa shape index (κ2) is 4.41. The minimum atomic E-state index is -1.13. The molecule has 2 amide bonds. The van der Waals surface area contributed by atoms with Crippen molar-refractivity contribution in [3.8, 4) is 5.75 Å². The lowest BCUT2D eigenvalue weighted by Crippen LogP contribution is -2.29. The van der Waals surface area contributed by atoms with Crippen molar-refractivity contribution in [1.82, 2.24) is 0 Å². The first-order chi connectivity index (χ1) is 7.04. The molecule has 0 spiro atoms. The van der Waals surface area contributed by atoms with E-state index in [1.54, 1.807) is 0 Å². The summed E-state index contributed by atoms with van der Waals surface area (Å²) in [5, 5.41) is 2.12. The molecule has 0 unspecified atom stereocenters. The molecule has 0 fully saturated rings. The molecular formula is C9H9FN2O3. The van der Waals surface area contributed by atoms with E-state index in [1.165, 1.54) is 19.2 Å². The van der Waals surface area contributed by atoms with Crippen molar-refractivity contribution in [2.24, 2.45) is 5.73 Å². The van der Waals surface area contributed by atoms with Crippen LogP contribution in [0.4, 0.5) is 10.1 Å². The van der Waals surface area contributed by atoms with Gasteiger partial charge in [0, 0.05) is 11.8 Å². The normalized spacial score (nSPS) is 9.47. The number of rotatable bonds is 2. The number of hydrogen-bond acceptors (Lipinski definition) is 3. The predicted octanol–water partition coefficient (Wildman–Crippen LogP) is 0.258. The van der Waals surface area contributed by atoms with Gasteiger partial charge in [-0.15, -0.1) is 0 Å². The van der Waals surface area contributed by atoms with Crippen molar-refractivity contribution in [2.45, 2.75) is 0 Å². The summed E-state index contributed by atoms with van der Waals surface area (Å²) >= 11 is 0. The lowest BCUT2D eigenvalue weighted by atomic mass is 10.3. The molecule has 15 heavy (non-hydrogen) atoms. The quantitative estimate of drug-likeness (QED) is 0.690. The minimum absolute atomic E-state index is 0.0482. The lowest BCUT2D eigenvalue weighted by Gasteiger charge is -2.05. The molecule has 0 aliphatic heterocycles. The third-order valence-corrected chi connectivity index (χ3v) is 1.63. The summed E-state index contributed by atoms with van der Waals surface area (Å²) in [5.41, 5.74) is 4.84. The maximum absolute atomic E-state index is 13.1. The zero-order valence-electron chi connectivity index (χ0n) is 7.91. The van der Waals surface area contributed by atoms with Gasteiger partial charge in [-0.2, -0.15) is 0 Å². The van der Waals surface area contributed by atoms with Crippen LogP contribution in [0.1, 0.15) is 0 Å². The molecule has 1 rings (SSSR count). The third-order valence-electron chi connectivity index (χ3n) is 1.63. The maximum atomic E-state index is 13.1. The number of amides is 2. The Morgan fingerprint density at radius 1 is 1.47 bits per heavy atom. The molecule has 0 aromatic heterocycles. The van der Waals surface area contributed by atoms with Crippen LogP contribution >= 0.6 is 0 Å². The Balaban J connectivity index is 2.84. The van der Waals surface area contributed by atoms with Crippen molar-refractivity contribution in [2.75, 3.05) is 12.4 Å². The highest BCUT2D eigenvalue weighted by Crippen LogP contribution is 2.20. The molecular weight excluding hydrogens is 203 g/mol. The molecule has 0 saturated carbocycles. The predicted molar refractivity (Wildman–Crippen MR) is 50.8 cm³/mol. The standard InChI is InChI=1S/C9H9FN2O3/c1-15-7-3-2-5(4-6(7)10)12-9(14)8(11)13/h2-4H,1H3,(H2,11,13)(H,12,14). The van der Waals surface area contributed by atoms with Crippen LogP contribution in [0, 0.1) is 5.82 Å². The van der Waals surface area contributed by atoms with Gasteiger partial charge in [-0.05, 0) is 12.1 Å². The first kappa shape index (κ1) is 11.0. The van der Waals surface area contributed by atoms with Gasteiger partial charge in [-0.3, -0.25) is 9.59 Å². The molecule has 6 heteroatoms. The monoisotopic (exact) mass is 212 g/mol. The summed E-state index contributed by atoms with van der Waals surface area (Å²) < 4.78 is 17.8. The Morgan fingerprint density at radius 3 is 2.60 bits per heavy atom. The number of methoxy groups -OCH3 is 1. The van der Waals surface area contributed by atoms with Crippen LogP contribution in [-0.4, -0.2) is 18.9 Å². The van der Waals surface area contributed by atoms with Gasteiger partial charge in [0.15, 0.2) is 11.6 Å². The SMILES string of the molecule is COc1ccc(NC(=O)C(N)=O)cc1F. The number of carbonyl (C=O) groups is 2. The zero-order valence-corrected chi connectivity index (χ0v) is 7.91. The van der Waals surface area contributed by atoms with Gasteiger partial charge >= 0.3 is 11.8 Å². The van der Waals surface area contributed by atoms with Crippen LogP contribution in [0.15, 0.2) is 18.2 Å². The number of halogens is 1. The molecule has 0 aliphatic carbocycles. The summed E-state index contributed by atoms with van der Waals surface area (Å²) in [5.74, 6) is -2.72. The number of nitrogens with one attached hydrogen (secondary N) is 1. The number of nitrogens with two attached hydrogens (primary N) is 1. The Labute approximate surface area is 85.0 Å². The highest BCUT2D eigenvalue weighted by Gasteiger charge is 2.10. The third kappa shape index (κ3) is 2.67. The molecule has 0 aliphatic rings. The van der Waals surface area contributed by atoms with E-state index in [1.807, 2.05) is 0 Å². The Morgan fingerprint density at radius 2 is 2.13 bits per heavy atom. The minimum Gasteiger partial charge on any atom is -0.494 e. The van der Waals surface area contributed by atoms with Gasteiger partial charge in [-0.1, -0.05) is 0 Å². The number of anilines is 1. The van der Waals surface area contributed by atoms with E-state index in [0.29, 0.717) is 0 Å². The van der Waals surface area contributed by atoms with Gasteiger partial charge in [0.25, 0.3) is 0 Å². The van der Waals surface area contributed by atoms with Crippen molar-refractivity contribution < 1.29 is 18.7 Å². The van der Waals surface area contributed by atoms with Crippen molar-refractivity contribution >= 4 is 17.5 Å². The van der Waals surface area contributed by atoms with Gasteiger partial charge in [-0.25, -0.2) is 4.39 Å². The van der Waals surface area contributed by atoms with Crippen molar-refractivity contribution in [3.05, 3.63) is 24.0 Å². The summed E-state index contributed by atoms with van der Waals surface area (Å²) in [7, 11) is 1.32. The fraction of sp³-hybridized carbons (Fsp3) is 0.111. The fourth-order valence-electron chi connectivity index (χ4n) is 0.937. The van der Waals surface area contributed by atoms with Crippen LogP contribution in [0.2, 0.25) is 0 Å². The first-order valence-corrected chi connectivity index (χ1v) is 3.99. The molecule has 80 valence electrons. The number of ether oxygens (including phenoxy) is 1. The van der Waals surface area contributed by atoms with E-state index < -0.39 is 17.6 Å². The summed E-state index contributed by atoms with van der Waals surface area (Å²) in [6.45, 7) is 0. The second-order valence-electron chi connectivity index (χ2n) is 2.67. The molecule has 0 radical (unpaired) electrons. The van der Waals surface area contributed by atoms with Crippen LogP contribution in [0.25, 0.3) is 0 Å². The smallest absolute Gasteiger partial charge is 0.313 e. The summed E-state index contributed by atoms with van der Waals surface area (Å²) in [6, 6.07) is 3.74. The Kier molecular flexibility index (Phi) is 3.22. The second-order valence-corrected chi connectivity index (χ2v) is 2.67.